The molecule has 0 bridgehead atoms. The zero-order chi connectivity index (χ0) is 102. The summed E-state index contributed by atoms with van der Waals surface area (Å²) in [5.74, 6) is 0. The van der Waals surface area contributed by atoms with E-state index in [0.29, 0.717) is 0 Å². The van der Waals surface area contributed by atoms with Crippen LogP contribution in [0.3, 0.4) is 0 Å². The minimum Gasteiger partial charge on any atom is -0.0619 e. The monoisotopic (exact) mass is 1810 g/mol. The van der Waals surface area contributed by atoms with Crippen molar-refractivity contribution in [2.45, 2.75) is 367 Å². The molecule has 0 atom stereocenters. The van der Waals surface area contributed by atoms with Crippen LogP contribution in [-0.2, 0) is 75.8 Å². The molecule has 136 heavy (non-hydrogen) atoms. The van der Waals surface area contributed by atoms with Crippen LogP contribution in [0.4, 0.5) is 0 Å². The van der Waals surface area contributed by atoms with Gasteiger partial charge in [0.2, 0.25) is 0 Å². The predicted molar refractivity (Wildman–Crippen MR) is 609 cm³/mol. The molecule has 0 fully saturated rings. The number of rotatable bonds is 5. The Hall–Kier alpha value is -10.4. The lowest BCUT2D eigenvalue weighted by Crippen LogP contribution is -2.15. The van der Waals surface area contributed by atoms with E-state index in [1.54, 1.807) is 0 Å². The fourth-order valence-electron chi connectivity index (χ4n) is 17.3. The Balaban J connectivity index is 0.000000195. The Morgan fingerprint density at radius 3 is 0.515 bits per heavy atom. The Bertz CT molecular complexity index is 5900. The summed E-state index contributed by atoms with van der Waals surface area (Å²) >= 11 is 0. The number of hydrogen-bond donors (Lipinski definition) is 0. The standard InChI is InChI=1S/5C20H26.2C18H24/c1-19(2,3)17-11-7-15(8-12-17)16-9-13-18(14-10-16)20(4,5)6;1-19(2,3)17-11-7-9-15(13-17)16-10-8-12-18(14-16)20(4,5)6;1-19(2,3)16-11-9-10-15(14-16)17-12-7-8-13-18(17)20(4,5)6;1-19(2,3)17-12-10-15(11-13-17)16-8-7-9-18(14-16)20(4,5)6;1-19(2,3)16-13-11-15(12-14-16)17-9-7-8-10-18(17)20(4,5)6;1-17(2,3)15-11-7-10-14-13(15)9-8-12-16(14)18(4,5)6;1-17(2,3)15-11-12-16(18(4,5)6)14-10-8-7-9-13(14)15/h5*7-14H,1-6H3;2*7-12H,1-6H3. The van der Waals surface area contributed by atoms with Crippen molar-refractivity contribution in [2.24, 2.45) is 0 Å². The van der Waals surface area contributed by atoms with Gasteiger partial charge in [0, 0.05) is 0 Å². The van der Waals surface area contributed by atoms with Crippen molar-refractivity contribution in [3.05, 3.63) is 393 Å². The first kappa shape index (κ1) is 111. The molecule has 0 radical (unpaired) electrons. The number of hydrogen-bond acceptors (Lipinski definition) is 0. The van der Waals surface area contributed by atoms with Gasteiger partial charge in [-0.05, 0) is 231 Å². The highest BCUT2D eigenvalue weighted by molar-refractivity contribution is 5.91. The smallest absolute Gasteiger partial charge is 0.0126 e. The van der Waals surface area contributed by atoms with Gasteiger partial charge in [-0.2, -0.15) is 0 Å². The van der Waals surface area contributed by atoms with Gasteiger partial charge in [0.15, 0.2) is 0 Å². The molecule has 0 aliphatic rings. The van der Waals surface area contributed by atoms with Crippen LogP contribution in [-0.4, -0.2) is 0 Å². The van der Waals surface area contributed by atoms with Gasteiger partial charge in [-0.15, -0.1) is 0 Å². The number of fused-ring (bicyclic) bond motifs is 2. The van der Waals surface area contributed by atoms with Crippen molar-refractivity contribution in [2.75, 3.05) is 0 Å². The molecular formula is C136H178. The number of benzene rings is 14. The molecule has 14 aromatic rings. The van der Waals surface area contributed by atoms with Crippen LogP contribution in [0, 0.1) is 0 Å². The van der Waals surface area contributed by atoms with Crippen molar-refractivity contribution in [1.29, 1.82) is 0 Å². The molecule has 0 N–H and O–H groups in total. The summed E-state index contributed by atoms with van der Waals surface area (Å²) in [4.78, 5) is 0. The Morgan fingerprint density at radius 1 is 0.103 bits per heavy atom. The maximum absolute atomic E-state index is 2.34. The van der Waals surface area contributed by atoms with E-state index in [-0.39, 0.29) is 75.8 Å². The lowest BCUT2D eigenvalue weighted by atomic mass is 9.78. The zero-order valence-electron chi connectivity index (χ0n) is 93.0. The highest BCUT2D eigenvalue weighted by Gasteiger charge is 2.28. The molecule has 0 unspecified atom stereocenters. The third kappa shape index (κ3) is 31.3. The van der Waals surface area contributed by atoms with E-state index in [4.69, 9.17) is 0 Å². The van der Waals surface area contributed by atoms with Crippen molar-refractivity contribution in [3.63, 3.8) is 0 Å². The topological polar surface area (TPSA) is 0 Å². The van der Waals surface area contributed by atoms with Gasteiger partial charge >= 0.3 is 0 Å². The molecule has 722 valence electrons. The summed E-state index contributed by atoms with van der Waals surface area (Å²) < 4.78 is 0. The van der Waals surface area contributed by atoms with Gasteiger partial charge in [0.05, 0.1) is 0 Å². The van der Waals surface area contributed by atoms with Crippen LogP contribution in [0.25, 0.3) is 77.2 Å². The van der Waals surface area contributed by atoms with Crippen LogP contribution in [0.1, 0.15) is 369 Å². The summed E-state index contributed by atoms with van der Waals surface area (Å²) in [5, 5.41) is 5.60. The van der Waals surface area contributed by atoms with Crippen LogP contribution in [0.15, 0.2) is 315 Å². The second-order valence-corrected chi connectivity index (χ2v) is 52.6. The van der Waals surface area contributed by atoms with Gasteiger partial charge < -0.3 is 0 Å². The molecular weight excluding hydrogens is 1630 g/mol. The summed E-state index contributed by atoms with van der Waals surface area (Å²) in [6.07, 6.45) is 0. The lowest BCUT2D eigenvalue weighted by molar-refractivity contribution is 0.585. The van der Waals surface area contributed by atoms with Crippen LogP contribution < -0.4 is 0 Å². The van der Waals surface area contributed by atoms with E-state index in [2.05, 4.69) is 606 Å². The van der Waals surface area contributed by atoms with Gasteiger partial charge in [-0.25, -0.2) is 0 Å². The molecule has 0 saturated carbocycles. The molecule has 0 spiro atoms. The van der Waals surface area contributed by atoms with E-state index in [1.165, 1.54) is 155 Å². The summed E-state index contributed by atoms with van der Waals surface area (Å²) in [6.45, 7) is 95.2. The average molecular weight is 1810 g/mol. The summed E-state index contributed by atoms with van der Waals surface area (Å²) in [6, 6.07) is 116. The van der Waals surface area contributed by atoms with E-state index in [9.17, 15) is 0 Å². The van der Waals surface area contributed by atoms with Crippen LogP contribution in [0.2, 0.25) is 0 Å². The summed E-state index contributed by atoms with van der Waals surface area (Å²) in [7, 11) is 0. The molecule has 14 rings (SSSR count). The molecule has 0 heteroatoms. The Kier molecular flexibility index (Phi) is 35.3. The largest absolute Gasteiger partial charge is 0.0619 e. The van der Waals surface area contributed by atoms with Crippen LogP contribution in [0.5, 0.6) is 0 Å². The SMILES string of the molecule is CC(C)(C)c1ccc(-c2ccc(C(C)(C)C)cc2)cc1.CC(C)(C)c1ccc(-c2cccc(C(C)(C)C)c2)cc1.CC(C)(C)c1ccc(-c2ccccc2C(C)(C)C)cc1.CC(C)(C)c1ccc(C(C)(C)C)c2ccccc12.CC(C)(C)c1cccc(-c2cccc(C(C)(C)C)c2)c1.CC(C)(C)c1cccc(-c2ccccc2C(C)(C)C)c1.CC(C)(C)c1cccc2c(C(C)(C)C)cccc12. The van der Waals surface area contributed by atoms with Crippen molar-refractivity contribution in [3.8, 4) is 55.6 Å². The second kappa shape index (κ2) is 43.3. The first-order valence-electron chi connectivity index (χ1n) is 50.5. The van der Waals surface area contributed by atoms with E-state index < -0.39 is 0 Å². The third-order valence-corrected chi connectivity index (χ3v) is 26.1. The summed E-state index contributed by atoms with van der Waals surface area (Å²) in [5.41, 5.74) is 35.5. The molecule has 14 aromatic carbocycles. The average Bonchev–Trinajstić information content (AvgIpc) is 0.754. The van der Waals surface area contributed by atoms with Gasteiger partial charge in [-0.3, -0.25) is 0 Å². The fraction of sp³-hybridized carbons (Fsp3) is 0.412. The quantitative estimate of drug-likeness (QED) is 0.161. The second-order valence-electron chi connectivity index (χ2n) is 52.6. The molecule has 0 heterocycles. The molecule has 0 nitrogen and oxygen atoms in total. The van der Waals surface area contributed by atoms with E-state index in [1.807, 2.05) is 0 Å². The molecule has 0 aromatic heterocycles. The first-order chi connectivity index (χ1) is 62.3. The first-order valence-corrected chi connectivity index (χ1v) is 50.5. The van der Waals surface area contributed by atoms with Crippen molar-refractivity contribution >= 4 is 21.5 Å². The zero-order valence-corrected chi connectivity index (χ0v) is 93.0. The molecule has 0 aliphatic carbocycles. The third-order valence-electron chi connectivity index (χ3n) is 26.1. The Morgan fingerprint density at radius 2 is 0.272 bits per heavy atom. The molecule has 0 saturated heterocycles. The minimum absolute atomic E-state index is 0.161. The highest BCUT2D eigenvalue weighted by atomic mass is 14.3. The Labute approximate surface area is 831 Å². The van der Waals surface area contributed by atoms with E-state index >= 15 is 0 Å². The lowest BCUT2D eigenvalue weighted by Gasteiger charge is -2.26. The normalized spacial score (nSPS) is 12.6. The molecule has 0 aliphatic heterocycles. The maximum Gasteiger partial charge on any atom is -0.0126 e. The highest BCUT2D eigenvalue weighted by Crippen LogP contribution is 2.43. The van der Waals surface area contributed by atoms with Gasteiger partial charge in [-0.1, -0.05) is 606 Å². The van der Waals surface area contributed by atoms with E-state index in [0.717, 1.165) is 0 Å². The van der Waals surface area contributed by atoms with Gasteiger partial charge in [0.25, 0.3) is 0 Å². The van der Waals surface area contributed by atoms with Crippen molar-refractivity contribution < 1.29 is 0 Å². The predicted octanol–water partition coefficient (Wildman–Crippen LogP) is 40.6. The fourth-order valence-corrected chi connectivity index (χ4v) is 17.3. The minimum atomic E-state index is 0.161. The molecule has 0 amide bonds. The van der Waals surface area contributed by atoms with Gasteiger partial charge in [0.1, 0.15) is 0 Å². The van der Waals surface area contributed by atoms with Crippen molar-refractivity contribution in [1.82, 2.24) is 0 Å². The van der Waals surface area contributed by atoms with Crippen LogP contribution >= 0.6 is 0 Å². The maximum atomic E-state index is 2.34.